The molecule has 1 fully saturated rings. The first-order valence-corrected chi connectivity index (χ1v) is 7.35. The van der Waals surface area contributed by atoms with E-state index in [4.69, 9.17) is 9.26 Å². The van der Waals surface area contributed by atoms with Gasteiger partial charge in [-0.15, -0.1) is 0 Å². The van der Waals surface area contributed by atoms with Crippen LogP contribution in [0.2, 0.25) is 0 Å². The molecule has 1 saturated heterocycles. The Labute approximate surface area is 124 Å². The normalized spacial score (nSPS) is 17.1. The number of hydrogen-bond acceptors (Lipinski definition) is 5. The highest BCUT2D eigenvalue weighted by Gasteiger charge is 2.25. The minimum absolute atomic E-state index is 0.406. The number of hydrogen-bond donors (Lipinski definition) is 1. The van der Waals surface area contributed by atoms with E-state index in [0.29, 0.717) is 6.10 Å². The highest BCUT2D eigenvalue weighted by atomic mass is 16.6. The van der Waals surface area contributed by atoms with Crippen LogP contribution in [0.3, 0.4) is 0 Å². The molecule has 0 spiro atoms. The van der Waals surface area contributed by atoms with Gasteiger partial charge in [-0.1, -0.05) is 35.5 Å². The van der Waals surface area contributed by atoms with Gasteiger partial charge in [0.15, 0.2) is 5.82 Å². The molecule has 0 radical (unpaired) electrons. The Balaban J connectivity index is 1.49. The standard InChI is InChI=1S/C16H21N3O2/c1-13-9-16(18-21-13)17-7-8-19(11-15-12-20-15)10-14-5-3-2-4-6-14/h2-6,9,15H,7-8,10-12H2,1H3,(H,17,18)/t15-/m0/s1. The monoisotopic (exact) mass is 287 g/mol. The van der Waals surface area contributed by atoms with Gasteiger partial charge >= 0.3 is 0 Å². The van der Waals surface area contributed by atoms with Crippen molar-refractivity contribution in [3.63, 3.8) is 0 Å². The quantitative estimate of drug-likeness (QED) is 0.755. The predicted molar refractivity (Wildman–Crippen MR) is 81.2 cm³/mol. The summed E-state index contributed by atoms with van der Waals surface area (Å²) in [6, 6.07) is 12.4. The zero-order chi connectivity index (χ0) is 14.5. The summed E-state index contributed by atoms with van der Waals surface area (Å²) >= 11 is 0. The number of rotatable bonds is 8. The summed E-state index contributed by atoms with van der Waals surface area (Å²) in [6.45, 7) is 6.49. The summed E-state index contributed by atoms with van der Waals surface area (Å²) in [7, 11) is 0. The smallest absolute Gasteiger partial charge is 0.169 e. The van der Waals surface area contributed by atoms with Crippen molar-refractivity contribution in [3.8, 4) is 0 Å². The van der Waals surface area contributed by atoms with Crippen LogP contribution >= 0.6 is 0 Å². The van der Waals surface area contributed by atoms with Gasteiger partial charge in [-0.3, -0.25) is 4.90 Å². The molecule has 2 heterocycles. The molecular weight excluding hydrogens is 266 g/mol. The molecule has 5 nitrogen and oxygen atoms in total. The van der Waals surface area contributed by atoms with E-state index in [1.807, 2.05) is 19.1 Å². The van der Waals surface area contributed by atoms with Crippen molar-refractivity contribution in [2.45, 2.75) is 19.6 Å². The zero-order valence-electron chi connectivity index (χ0n) is 12.3. The third-order valence-corrected chi connectivity index (χ3v) is 3.48. The molecule has 1 aliphatic heterocycles. The zero-order valence-corrected chi connectivity index (χ0v) is 12.3. The molecule has 0 aliphatic carbocycles. The van der Waals surface area contributed by atoms with Crippen LogP contribution in [0.5, 0.6) is 0 Å². The highest BCUT2D eigenvalue weighted by Crippen LogP contribution is 2.13. The molecule has 3 rings (SSSR count). The van der Waals surface area contributed by atoms with Crippen molar-refractivity contribution in [2.24, 2.45) is 0 Å². The van der Waals surface area contributed by atoms with E-state index in [-0.39, 0.29) is 0 Å². The molecular formula is C16H21N3O2. The van der Waals surface area contributed by atoms with E-state index >= 15 is 0 Å². The van der Waals surface area contributed by atoms with E-state index in [1.54, 1.807) is 0 Å². The molecule has 0 saturated carbocycles. The van der Waals surface area contributed by atoms with Crippen molar-refractivity contribution in [1.29, 1.82) is 0 Å². The summed E-state index contributed by atoms with van der Waals surface area (Å²) < 4.78 is 10.4. The Kier molecular flexibility index (Phi) is 4.52. The minimum atomic E-state index is 0.406. The van der Waals surface area contributed by atoms with E-state index < -0.39 is 0 Å². The maximum absolute atomic E-state index is 5.36. The van der Waals surface area contributed by atoms with Gasteiger partial charge in [0.05, 0.1) is 12.7 Å². The lowest BCUT2D eigenvalue weighted by atomic mass is 10.2. The van der Waals surface area contributed by atoms with Crippen LogP contribution in [0, 0.1) is 6.92 Å². The third-order valence-electron chi connectivity index (χ3n) is 3.48. The van der Waals surface area contributed by atoms with E-state index in [2.05, 4.69) is 39.6 Å². The van der Waals surface area contributed by atoms with Gasteiger partial charge in [-0.2, -0.15) is 0 Å². The molecule has 0 amide bonds. The molecule has 1 aliphatic rings. The van der Waals surface area contributed by atoms with Crippen molar-refractivity contribution in [3.05, 3.63) is 47.7 Å². The molecule has 1 aromatic carbocycles. The topological polar surface area (TPSA) is 53.8 Å². The molecule has 5 heteroatoms. The lowest BCUT2D eigenvalue weighted by Gasteiger charge is -2.21. The molecule has 1 aromatic heterocycles. The minimum Gasteiger partial charge on any atom is -0.372 e. The number of ether oxygens (including phenoxy) is 1. The number of nitrogens with one attached hydrogen (secondary N) is 1. The first-order chi connectivity index (χ1) is 10.3. The van der Waals surface area contributed by atoms with Crippen molar-refractivity contribution < 1.29 is 9.26 Å². The third kappa shape index (κ3) is 4.58. The Bertz CT molecular complexity index is 552. The van der Waals surface area contributed by atoms with Gasteiger partial charge < -0.3 is 14.6 Å². The van der Waals surface area contributed by atoms with Gasteiger partial charge in [-0.25, -0.2) is 0 Å². The molecule has 1 atom stereocenters. The van der Waals surface area contributed by atoms with Crippen molar-refractivity contribution in [2.75, 3.05) is 31.6 Å². The van der Waals surface area contributed by atoms with Crippen molar-refractivity contribution >= 4 is 5.82 Å². The fourth-order valence-corrected chi connectivity index (χ4v) is 2.33. The fraction of sp³-hybridized carbons (Fsp3) is 0.438. The van der Waals surface area contributed by atoms with Crippen molar-refractivity contribution in [1.82, 2.24) is 10.1 Å². The Morgan fingerprint density at radius 1 is 1.33 bits per heavy atom. The average Bonchev–Trinajstić information content (AvgIpc) is 3.20. The number of aryl methyl sites for hydroxylation is 1. The Hall–Kier alpha value is -1.85. The average molecular weight is 287 g/mol. The number of epoxide rings is 1. The highest BCUT2D eigenvalue weighted by molar-refractivity contribution is 5.33. The molecule has 2 aromatic rings. The summed E-state index contributed by atoms with van der Waals surface area (Å²) in [4.78, 5) is 2.41. The van der Waals surface area contributed by atoms with Crippen LogP contribution in [0.4, 0.5) is 5.82 Å². The fourth-order valence-electron chi connectivity index (χ4n) is 2.33. The lowest BCUT2D eigenvalue weighted by molar-refractivity contribution is 0.242. The van der Waals surface area contributed by atoms with Gasteiger partial charge in [0, 0.05) is 32.2 Å². The van der Waals surface area contributed by atoms with E-state index in [1.165, 1.54) is 5.56 Å². The summed E-state index contributed by atoms with van der Waals surface area (Å²) in [6.07, 6.45) is 0.406. The maximum Gasteiger partial charge on any atom is 0.169 e. The van der Waals surface area contributed by atoms with Gasteiger partial charge in [-0.05, 0) is 12.5 Å². The second-order valence-electron chi connectivity index (χ2n) is 5.43. The molecule has 0 unspecified atom stereocenters. The SMILES string of the molecule is Cc1cc(NCCN(Cc2ccccc2)C[C@H]2CO2)no1. The number of benzene rings is 1. The Morgan fingerprint density at radius 3 is 2.81 bits per heavy atom. The van der Waals surface area contributed by atoms with Crippen LogP contribution in [-0.4, -0.2) is 42.4 Å². The summed E-state index contributed by atoms with van der Waals surface area (Å²) in [5, 5.41) is 7.23. The van der Waals surface area contributed by atoms with E-state index in [9.17, 15) is 0 Å². The van der Waals surface area contributed by atoms with E-state index in [0.717, 1.165) is 44.4 Å². The maximum atomic E-state index is 5.36. The van der Waals surface area contributed by atoms with Crippen LogP contribution in [0.15, 0.2) is 40.9 Å². The molecule has 21 heavy (non-hydrogen) atoms. The van der Waals surface area contributed by atoms with Crippen LogP contribution in [0.1, 0.15) is 11.3 Å². The van der Waals surface area contributed by atoms with Crippen LogP contribution < -0.4 is 5.32 Å². The summed E-state index contributed by atoms with van der Waals surface area (Å²) in [5.41, 5.74) is 1.33. The molecule has 112 valence electrons. The lowest BCUT2D eigenvalue weighted by Crippen LogP contribution is -2.32. The number of nitrogens with zero attached hydrogens (tertiary/aromatic N) is 2. The number of anilines is 1. The largest absolute Gasteiger partial charge is 0.372 e. The first kappa shape index (κ1) is 14.1. The predicted octanol–water partition coefficient (Wildman–Crippen LogP) is 2.30. The van der Waals surface area contributed by atoms with Gasteiger partial charge in [0.1, 0.15) is 5.76 Å². The first-order valence-electron chi connectivity index (χ1n) is 7.35. The summed E-state index contributed by atoms with van der Waals surface area (Å²) in [5.74, 6) is 1.62. The van der Waals surface area contributed by atoms with Gasteiger partial charge in [0.2, 0.25) is 0 Å². The Morgan fingerprint density at radius 2 is 2.14 bits per heavy atom. The second kappa shape index (κ2) is 6.74. The number of aromatic nitrogens is 1. The molecule has 1 N–H and O–H groups in total. The van der Waals surface area contributed by atoms with Crippen LogP contribution in [0.25, 0.3) is 0 Å². The van der Waals surface area contributed by atoms with Crippen LogP contribution in [-0.2, 0) is 11.3 Å². The molecule has 0 bridgehead atoms. The van der Waals surface area contributed by atoms with Gasteiger partial charge in [0.25, 0.3) is 0 Å². The second-order valence-corrected chi connectivity index (χ2v) is 5.43.